The van der Waals surface area contributed by atoms with E-state index in [-0.39, 0.29) is 17.1 Å². The summed E-state index contributed by atoms with van der Waals surface area (Å²) < 4.78 is 18.5. The molecule has 0 amide bonds. The number of halogens is 2. The molecule has 0 bridgehead atoms. The Labute approximate surface area is 129 Å². The molecule has 0 atom stereocenters. The summed E-state index contributed by atoms with van der Waals surface area (Å²) in [5.41, 5.74) is -0.526. The van der Waals surface area contributed by atoms with Gasteiger partial charge in [-0.3, -0.25) is 4.79 Å². The van der Waals surface area contributed by atoms with Crippen molar-refractivity contribution in [3.05, 3.63) is 34.6 Å². The third-order valence-corrected chi connectivity index (χ3v) is 4.26. The van der Waals surface area contributed by atoms with Gasteiger partial charge in [0.15, 0.2) is 0 Å². The summed E-state index contributed by atoms with van der Waals surface area (Å²) in [4.78, 5) is 11.5. The second kappa shape index (κ2) is 6.75. The van der Waals surface area contributed by atoms with Crippen LogP contribution < -0.4 is 0 Å². The van der Waals surface area contributed by atoms with Crippen LogP contribution in [0.2, 0.25) is 5.02 Å². The Morgan fingerprint density at radius 3 is 2.71 bits per heavy atom. The zero-order chi connectivity index (χ0) is 15.5. The molecule has 0 spiro atoms. The van der Waals surface area contributed by atoms with Crippen LogP contribution in [0.4, 0.5) is 4.39 Å². The van der Waals surface area contributed by atoms with Crippen LogP contribution in [0, 0.1) is 5.82 Å². The molecule has 21 heavy (non-hydrogen) atoms. The number of benzene rings is 1. The lowest BCUT2D eigenvalue weighted by Crippen LogP contribution is -2.35. The second-order valence-corrected chi connectivity index (χ2v) is 6.00. The molecule has 1 N–H and O–H groups in total. The number of carbonyl (C=O) groups excluding carboxylic acids is 1. The van der Waals surface area contributed by atoms with Crippen molar-refractivity contribution in [2.75, 3.05) is 0 Å². The highest BCUT2D eigenvalue weighted by Gasteiger charge is 2.37. The van der Waals surface area contributed by atoms with Crippen LogP contribution >= 0.6 is 11.6 Å². The van der Waals surface area contributed by atoms with Gasteiger partial charge in [0.2, 0.25) is 0 Å². The molecule has 1 fully saturated rings. The number of aliphatic hydroxyl groups is 1. The van der Waals surface area contributed by atoms with E-state index < -0.39 is 11.4 Å². The molecule has 116 valence electrons. The molecule has 0 aliphatic heterocycles. The van der Waals surface area contributed by atoms with Gasteiger partial charge in [-0.15, -0.1) is 0 Å². The second-order valence-electron chi connectivity index (χ2n) is 5.59. The molecule has 5 heteroatoms. The van der Waals surface area contributed by atoms with Crippen LogP contribution in [0.5, 0.6) is 0 Å². The Balaban J connectivity index is 2.00. The topological polar surface area (TPSA) is 46.5 Å². The third-order valence-electron chi connectivity index (χ3n) is 3.94. The molecule has 3 nitrogen and oxygen atoms in total. The van der Waals surface area contributed by atoms with Gasteiger partial charge in [-0.05, 0) is 44.2 Å². The van der Waals surface area contributed by atoms with Crippen LogP contribution in [0.25, 0.3) is 0 Å². The van der Waals surface area contributed by atoms with Crippen molar-refractivity contribution in [2.24, 2.45) is 0 Å². The summed E-state index contributed by atoms with van der Waals surface area (Å²) in [6.07, 6.45) is 3.10. The molecule has 0 heterocycles. The highest BCUT2D eigenvalue weighted by Crippen LogP contribution is 2.41. The minimum Gasteiger partial charge on any atom is -0.462 e. The van der Waals surface area contributed by atoms with E-state index in [0.717, 1.165) is 6.42 Å². The van der Waals surface area contributed by atoms with Crippen molar-refractivity contribution in [3.8, 4) is 0 Å². The van der Waals surface area contributed by atoms with Crippen LogP contribution in [0.3, 0.4) is 0 Å². The van der Waals surface area contributed by atoms with Gasteiger partial charge in [-0.25, -0.2) is 4.39 Å². The number of hydrogen-bond donors (Lipinski definition) is 1. The van der Waals surface area contributed by atoms with E-state index in [4.69, 9.17) is 16.3 Å². The summed E-state index contributed by atoms with van der Waals surface area (Å²) in [5.74, 6) is -0.609. The average molecular weight is 315 g/mol. The van der Waals surface area contributed by atoms with E-state index in [9.17, 15) is 14.3 Å². The minimum absolute atomic E-state index is 0.149. The molecule has 2 rings (SSSR count). The molecule has 1 aromatic rings. The maximum atomic E-state index is 13.1. The Hall–Kier alpha value is -1.13. The lowest BCUT2D eigenvalue weighted by atomic mass is 9.78. The van der Waals surface area contributed by atoms with Crippen LogP contribution in [-0.2, 0) is 15.1 Å². The van der Waals surface area contributed by atoms with Crippen molar-refractivity contribution in [1.29, 1.82) is 0 Å². The molecule has 1 aliphatic rings. The first kappa shape index (κ1) is 16.2. The number of hydrogen-bond acceptors (Lipinski definition) is 3. The zero-order valence-corrected chi connectivity index (χ0v) is 12.8. The summed E-state index contributed by atoms with van der Waals surface area (Å²) in [5, 5.41) is 11.0. The first-order chi connectivity index (χ1) is 9.94. The Morgan fingerprint density at radius 1 is 1.48 bits per heavy atom. The highest BCUT2D eigenvalue weighted by atomic mass is 35.5. The highest BCUT2D eigenvalue weighted by molar-refractivity contribution is 6.31. The van der Waals surface area contributed by atoms with Crippen molar-refractivity contribution in [1.82, 2.24) is 0 Å². The first-order valence-electron chi connectivity index (χ1n) is 7.32. The van der Waals surface area contributed by atoms with E-state index in [0.29, 0.717) is 37.7 Å². The van der Waals surface area contributed by atoms with E-state index in [1.165, 1.54) is 18.2 Å². The fraction of sp³-hybridized carbons (Fsp3) is 0.562. The standard InChI is InChI=1S/C16H20ClFO3/c1-2-3-15(19)21-12-6-8-16(20,9-7-12)13-5-4-11(18)10-14(13)17/h4-5,10,12,20H,2-3,6-9H2,1H3. The van der Waals surface area contributed by atoms with Crippen LogP contribution in [0.1, 0.15) is 51.0 Å². The zero-order valence-electron chi connectivity index (χ0n) is 12.1. The van der Waals surface area contributed by atoms with E-state index in [1.807, 2.05) is 6.92 Å². The molecule has 1 saturated carbocycles. The maximum absolute atomic E-state index is 13.1. The van der Waals surface area contributed by atoms with Gasteiger partial charge < -0.3 is 9.84 Å². The third kappa shape index (κ3) is 3.95. The lowest BCUT2D eigenvalue weighted by molar-refractivity contribution is -0.153. The Morgan fingerprint density at radius 2 is 2.14 bits per heavy atom. The molecular formula is C16H20ClFO3. The van der Waals surface area contributed by atoms with Crippen molar-refractivity contribution < 1.29 is 19.0 Å². The van der Waals surface area contributed by atoms with Crippen molar-refractivity contribution in [2.45, 2.75) is 57.2 Å². The van der Waals surface area contributed by atoms with Crippen molar-refractivity contribution >= 4 is 17.6 Å². The van der Waals surface area contributed by atoms with Gasteiger partial charge in [0, 0.05) is 17.0 Å². The molecule has 1 aromatic carbocycles. The largest absolute Gasteiger partial charge is 0.462 e. The number of ether oxygens (including phenoxy) is 1. The van der Waals surface area contributed by atoms with Crippen molar-refractivity contribution in [3.63, 3.8) is 0 Å². The summed E-state index contributed by atoms with van der Waals surface area (Å²) >= 11 is 6.03. The fourth-order valence-electron chi connectivity index (χ4n) is 2.77. The number of rotatable bonds is 4. The number of esters is 1. The summed E-state index contributed by atoms with van der Waals surface area (Å²) in [6, 6.07) is 4.04. The van der Waals surface area contributed by atoms with Crippen LogP contribution in [0.15, 0.2) is 18.2 Å². The quantitative estimate of drug-likeness (QED) is 0.856. The fourth-order valence-corrected chi connectivity index (χ4v) is 3.11. The monoisotopic (exact) mass is 314 g/mol. The molecule has 0 unspecified atom stereocenters. The van der Waals surface area contributed by atoms with E-state index in [2.05, 4.69) is 0 Å². The van der Waals surface area contributed by atoms with Gasteiger partial charge in [0.25, 0.3) is 0 Å². The molecule has 1 aliphatic carbocycles. The molecular weight excluding hydrogens is 295 g/mol. The van der Waals surface area contributed by atoms with Crippen LogP contribution in [-0.4, -0.2) is 17.2 Å². The molecule has 0 saturated heterocycles. The minimum atomic E-state index is -1.07. The van der Waals surface area contributed by atoms with Gasteiger partial charge in [-0.2, -0.15) is 0 Å². The molecule has 0 radical (unpaired) electrons. The Kier molecular flexibility index (Phi) is 5.22. The average Bonchev–Trinajstić information content (AvgIpc) is 2.41. The lowest BCUT2D eigenvalue weighted by Gasteiger charge is -2.36. The van der Waals surface area contributed by atoms with Gasteiger partial charge in [0.05, 0.1) is 5.60 Å². The predicted octanol–water partition coefficient (Wildman–Crippen LogP) is 3.95. The van der Waals surface area contributed by atoms with Gasteiger partial charge >= 0.3 is 5.97 Å². The molecule has 0 aromatic heterocycles. The SMILES string of the molecule is CCCC(=O)OC1CCC(O)(c2ccc(F)cc2Cl)CC1. The predicted molar refractivity (Wildman–Crippen MR) is 78.6 cm³/mol. The Bertz CT molecular complexity index is 510. The van der Waals surface area contributed by atoms with E-state index in [1.54, 1.807) is 0 Å². The van der Waals surface area contributed by atoms with Gasteiger partial charge in [0.1, 0.15) is 11.9 Å². The van der Waals surface area contributed by atoms with E-state index >= 15 is 0 Å². The summed E-state index contributed by atoms with van der Waals surface area (Å²) in [7, 11) is 0. The normalized spacial score (nSPS) is 25.6. The first-order valence-corrected chi connectivity index (χ1v) is 7.70. The number of carbonyl (C=O) groups is 1. The van der Waals surface area contributed by atoms with Gasteiger partial charge in [-0.1, -0.05) is 24.6 Å². The maximum Gasteiger partial charge on any atom is 0.306 e. The summed E-state index contributed by atoms with van der Waals surface area (Å²) in [6.45, 7) is 1.93. The smallest absolute Gasteiger partial charge is 0.306 e.